The molecule has 0 heterocycles. The molecule has 0 aliphatic carbocycles. The molecule has 7 heteroatoms. The molecule has 24 heavy (non-hydrogen) atoms. The normalized spacial score (nSPS) is 10.5. The summed E-state index contributed by atoms with van der Waals surface area (Å²) in [7, 11) is 4.61. The summed E-state index contributed by atoms with van der Waals surface area (Å²) in [6.07, 6.45) is 1.58. The SMILES string of the molecule is COc1ccc(C=NNc2ccc(C(=O)O)cc2)c(OC)c1OC. The fourth-order valence-electron chi connectivity index (χ4n) is 2.09. The number of hydrogen-bond donors (Lipinski definition) is 2. The smallest absolute Gasteiger partial charge is 0.335 e. The highest BCUT2D eigenvalue weighted by Crippen LogP contribution is 2.38. The lowest BCUT2D eigenvalue weighted by molar-refractivity contribution is 0.0697. The van der Waals surface area contributed by atoms with Crippen LogP contribution in [0.3, 0.4) is 0 Å². The number of benzene rings is 2. The van der Waals surface area contributed by atoms with Crippen molar-refractivity contribution >= 4 is 17.9 Å². The monoisotopic (exact) mass is 330 g/mol. The van der Waals surface area contributed by atoms with Gasteiger partial charge < -0.3 is 19.3 Å². The molecule has 0 saturated heterocycles. The van der Waals surface area contributed by atoms with Gasteiger partial charge in [0.25, 0.3) is 0 Å². The standard InChI is InChI=1S/C17H18N2O5/c1-22-14-9-6-12(15(23-2)16(14)24-3)10-18-19-13-7-4-11(5-8-13)17(20)21/h4-10,19H,1-3H3,(H,20,21). The van der Waals surface area contributed by atoms with E-state index in [-0.39, 0.29) is 5.56 Å². The molecule has 2 N–H and O–H groups in total. The minimum Gasteiger partial charge on any atom is -0.493 e. The van der Waals surface area contributed by atoms with E-state index in [1.165, 1.54) is 26.4 Å². The van der Waals surface area contributed by atoms with Crippen LogP contribution in [0.1, 0.15) is 15.9 Å². The molecule has 0 aliphatic heterocycles. The van der Waals surface area contributed by atoms with E-state index in [9.17, 15) is 4.79 Å². The topological polar surface area (TPSA) is 89.4 Å². The van der Waals surface area contributed by atoms with Crippen LogP contribution in [-0.2, 0) is 0 Å². The van der Waals surface area contributed by atoms with Crippen LogP contribution in [0.15, 0.2) is 41.5 Å². The molecule has 0 saturated carbocycles. The molecule has 0 fully saturated rings. The van der Waals surface area contributed by atoms with Crippen LogP contribution in [0.25, 0.3) is 0 Å². The van der Waals surface area contributed by atoms with Crippen molar-refractivity contribution in [2.75, 3.05) is 26.8 Å². The Morgan fingerprint density at radius 3 is 2.21 bits per heavy atom. The largest absolute Gasteiger partial charge is 0.493 e. The second-order valence-electron chi connectivity index (χ2n) is 4.68. The van der Waals surface area contributed by atoms with E-state index in [0.29, 0.717) is 28.5 Å². The summed E-state index contributed by atoms with van der Waals surface area (Å²) >= 11 is 0. The van der Waals surface area contributed by atoms with Gasteiger partial charge in [0.05, 0.1) is 38.8 Å². The first kappa shape index (κ1) is 17.1. The van der Waals surface area contributed by atoms with Crippen molar-refractivity contribution in [3.05, 3.63) is 47.5 Å². The highest BCUT2D eigenvalue weighted by atomic mass is 16.5. The number of anilines is 1. The molecule has 0 aromatic heterocycles. The number of carboxylic acids is 1. The molecule has 0 unspecified atom stereocenters. The Labute approximate surface area is 139 Å². The zero-order valence-corrected chi connectivity index (χ0v) is 13.6. The van der Waals surface area contributed by atoms with Crippen LogP contribution in [0.4, 0.5) is 5.69 Å². The summed E-state index contributed by atoms with van der Waals surface area (Å²) in [5, 5.41) is 13.0. The van der Waals surface area contributed by atoms with Gasteiger partial charge in [0.2, 0.25) is 5.75 Å². The van der Waals surface area contributed by atoms with Crippen LogP contribution >= 0.6 is 0 Å². The first-order valence-corrected chi connectivity index (χ1v) is 7.02. The molecule has 0 radical (unpaired) electrons. The third-order valence-electron chi connectivity index (χ3n) is 3.26. The summed E-state index contributed by atoms with van der Waals surface area (Å²) in [5.41, 5.74) is 4.40. The number of rotatable bonds is 7. The molecule has 0 bridgehead atoms. The first-order valence-electron chi connectivity index (χ1n) is 7.02. The number of carbonyl (C=O) groups is 1. The lowest BCUT2D eigenvalue weighted by Gasteiger charge is -2.13. The summed E-state index contributed by atoms with van der Waals surface area (Å²) < 4.78 is 15.9. The van der Waals surface area contributed by atoms with E-state index in [1.807, 2.05) is 0 Å². The maximum Gasteiger partial charge on any atom is 0.335 e. The average molecular weight is 330 g/mol. The Hall–Kier alpha value is -3.22. The van der Waals surface area contributed by atoms with Gasteiger partial charge in [-0.2, -0.15) is 5.10 Å². The van der Waals surface area contributed by atoms with Gasteiger partial charge in [-0.15, -0.1) is 0 Å². The van der Waals surface area contributed by atoms with E-state index in [0.717, 1.165) is 0 Å². The molecule has 0 amide bonds. The fourth-order valence-corrected chi connectivity index (χ4v) is 2.09. The van der Waals surface area contributed by atoms with Gasteiger partial charge in [-0.25, -0.2) is 4.79 Å². The maximum absolute atomic E-state index is 10.8. The van der Waals surface area contributed by atoms with Crippen molar-refractivity contribution < 1.29 is 24.1 Å². The van der Waals surface area contributed by atoms with Crippen LogP contribution in [0, 0.1) is 0 Å². The van der Waals surface area contributed by atoms with Gasteiger partial charge >= 0.3 is 5.97 Å². The molecule has 0 spiro atoms. The number of hydrogen-bond acceptors (Lipinski definition) is 6. The number of ether oxygens (including phenoxy) is 3. The lowest BCUT2D eigenvalue weighted by Crippen LogP contribution is -1.99. The Morgan fingerprint density at radius 2 is 1.67 bits per heavy atom. The number of hydrazone groups is 1. The zero-order valence-electron chi connectivity index (χ0n) is 13.6. The molecular weight excluding hydrogens is 312 g/mol. The van der Waals surface area contributed by atoms with Crippen LogP contribution < -0.4 is 19.6 Å². The molecule has 7 nitrogen and oxygen atoms in total. The van der Waals surface area contributed by atoms with Crippen molar-refractivity contribution in [2.45, 2.75) is 0 Å². The van der Waals surface area contributed by atoms with Gasteiger partial charge in [-0.3, -0.25) is 5.43 Å². The van der Waals surface area contributed by atoms with E-state index in [1.54, 1.807) is 37.6 Å². The van der Waals surface area contributed by atoms with Crippen molar-refractivity contribution in [2.24, 2.45) is 5.10 Å². The van der Waals surface area contributed by atoms with E-state index < -0.39 is 5.97 Å². The number of methoxy groups -OCH3 is 3. The summed E-state index contributed by atoms with van der Waals surface area (Å²) in [5.74, 6) is 0.572. The molecule has 2 rings (SSSR count). The second kappa shape index (κ2) is 7.87. The molecule has 0 aliphatic rings. The Kier molecular flexibility index (Phi) is 5.62. The van der Waals surface area contributed by atoms with E-state index >= 15 is 0 Å². The van der Waals surface area contributed by atoms with Gasteiger partial charge in [-0.1, -0.05) is 0 Å². The lowest BCUT2D eigenvalue weighted by atomic mass is 10.2. The molecule has 0 atom stereocenters. The van der Waals surface area contributed by atoms with E-state index in [4.69, 9.17) is 19.3 Å². The summed E-state index contributed by atoms with van der Waals surface area (Å²) in [4.78, 5) is 10.8. The quantitative estimate of drug-likeness (QED) is 0.599. The summed E-state index contributed by atoms with van der Waals surface area (Å²) in [6.45, 7) is 0. The van der Waals surface area contributed by atoms with Crippen molar-refractivity contribution in [1.29, 1.82) is 0 Å². The number of nitrogens with one attached hydrogen (secondary N) is 1. The van der Waals surface area contributed by atoms with Gasteiger partial charge in [0, 0.05) is 5.56 Å². The highest BCUT2D eigenvalue weighted by Gasteiger charge is 2.14. The fraction of sp³-hybridized carbons (Fsp3) is 0.176. The Morgan fingerprint density at radius 1 is 1.00 bits per heavy atom. The molecule has 2 aromatic rings. The van der Waals surface area contributed by atoms with Gasteiger partial charge in [-0.05, 0) is 36.4 Å². The van der Waals surface area contributed by atoms with Crippen molar-refractivity contribution in [1.82, 2.24) is 0 Å². The third-order valence-corrected chi connectivity index (χ3v) is 3.26. The number of carboxylic acid groups (broad SMARTS) is 1. The minimum atomic E-state index is -0.972. The zero-order chi connectivity index (χ0) is 17.5. The summed E-state index contributed by atoms with van der Waals surface area (Å²) in [6, 6.07) is 9.80. The van der Waals surface area contributed by atoms with Crippen molar-refractivity contribution in [3.63, 3.8) is 0 Å². The van der Waals surface area contributed by atoms with Crippen LogP contribution in [0.5, 0.6) is 17.2 Å². The molecular formula is C17H18N2O5. The highest BCUT2D eigenvalue weighted by molar-refractivity contribution is 5.88. The predicted octanol–water partition coefficient (Wildman–Crippen LogP) is 2.86. The maximum atomic E-state index is 10.8. The number of nitrogens with zero attached hydrogens (tertiary/aromatic N) is 1. The molecule has 2 aromatic carbocycles. The van der Waals surface area contributed by atoms with E-state index in [2.05, 4.69) is 10.5 Å². The Balaban J connectivity index is 2.18. The van der Waals surface area contributed by atoms with Crippen LogP contribution in [0.2, 0.25) is 0 Å². The third kappa shape index (κ3) is 3.75. The second-order valence-corrected chi connectivity index (χ2v) is 4.68. The van der Waals surface area contributed by atoms with Crippen molar-refractivity contribution in [3.8, 4) is 17.2 Å². The average Bonchev–Trinajstić information content (AvgIpc) is 2.61. The van der Waals surface area contributed by atoms with Gasteiger partial charge in [0.15, 0.2) is 11.5 Å². The van der Waals surface area contributed by atoms with Crippen LogP contribution in [-0.4, -0.2) is 38.6 Å². The predicted molar refractivity (Wildman–Crippen MR) is 90.7 cm³/mol. The molecule has 126 valence electrons. The minimum absolute atomic E-state index is 0.214. The first-order chi connectivity index (χ1) is 11.6. The number of aromatic carboxylic acids is 1. The van der Waals surface area contributed by atoms with Gasteiger partial charge in [0.1, 0.15) is 0 Å². The Bertz CT molecular complexity index is 741.